The second-order valence-electron chi connectivity index (χ2n) is 7.28. The Morgan fingerprint density at radius 2 is 1.97 bits per heavy atom. The van der Waals surface area contributed by atoms with Gasteiger partial charge in [-0.25, -0.2) is 14.4 Å². The highest BCUT2D eigenvalue weighted by molar-refractivity contribution is 6.30. The SMILES string of the molecule is CNCCn1ccc(-c2cnc3ccc(-c4nc[nH]c4-c4cc(Cl)ccc4F)nc3c2)n1. The van der Waals surface area contributed by atoms with Gasteiger partial charge in [0.2, 0.25) is 0 Å². The zero-order valence-corrected chi connectivity index (χ0v) is 17.9. The molecule has 0 bridgehead atoms. The van der Waals surface area contributed by atoms with Crippen molar-refractivity contribution in [3.05, 3.63) is 72.0 Å². The van der Waals surface area contributed by atoms with Gasteiger partial charge >= 0.3 is 0 Å². The number of nitrogens with one attached hydrogen (secondary N) is 2. The van der Waals surface area contributed by atoms with E-state index in [9.17, 15) is 4.39 Å². The van der Waals surface area contributed by atoms with Crippen LogP contribution in [-0.4, -0.2) is 43.3 Å². The molecule has 5 aromatic rings. The van der Waals surface area contributed by atoms with Gasteiger partial charge in [0.1, 0.15) is 11.5 Å². The first-order valence-electron chi connectivity index (χ1n) is 10.1. The Kier molecular flexibility index (Phi) is 5.38. The third kappa shape index (κ3) is 3.86. The first-order valence-corrected chi connectivity index (χ1v) is 10.4. The fraction of sp³-hybridized carbons (Fsp3) is 0.130. The molecule has 0 spiro atoms. The molecule has 0 saturated carbocycles. The monoisotopic (exact) mass is 447 g/mol. The lowest BCUT2D eigenvalue weighted by atomic mass is 10.1. The highest BCUT2D eigenvalue weighted by atomic mass is 35.5. The third-order valence-corrected chi connectivity index (χ3v) is 5.38. The van der Waals surface area contributed by atoms with E-state index < -0.39 is 5.82 Å². The number of fused-ring (bicyclic) bond motifs is 1. The molecule has 0 amide bonds. The molecule has 2 N–H and O–H groups in total. The lowest BCUT2D eigenvalue weighted by Gasteiger charge is -2.06. The number of imidazole rings is 1. The summed E-state index contributed by atoms with van der Waals surface area (Å²) in [5.74, 6) is -0.390. The van der Waals surface area contributed by atoms with Gasteiger partial charge in [0, 0.05) is 35.1 Å². The standard InChI is InChI=1S/C23H19ClFN7/c1-26-7-9-32-8-6-18(31-32)14-10-21-19(27-12-14)4-5-20(30-21)23-22(28-13-29-23)16-11-15(24)2-3-17(16)25/h2-6,8,10-13,26H,7,9H2,1H3,(H,28,29). The van der Waals surface area contributed by atoms with Crippen LogP contribution in [0.4, 0.5) is 4.39 Å². The minimum absolute atomic E-state index is 0.339. The fourth-order valence-electron chi connectivity index (χ4n) is 3.53. The van der Waals surface area contributed by atoms with Gasteiger partial charge in [-0.1, -0.05) is 11.6 Å². The number of hydrogen-bond donors (Lipinski definition) is 2. The molecule has 4 heterocycles. The Hall–Kier alpha value is -3.62. The van der Waals surface area contributed by atoms with E-state index in [-0.39, 0.29) is 0 Å². The van der Waals surface area contributed by atoms with Crippen LogP contribution in [0.25, 0.3) is 44.9 Å². The molecule has 5 rings (SSSR count). The molecule has 0 atom stereocenters. The van der Waals surface area contributed by atoms with Gasteiger partial charge in [0.15, 0.2) is 0 Å². The summed E-state index contributed by atoms with van der Waals surface area (Å²) in [5.41, 5.74) is 5.14. The Balaban J connectivity index is 1.54. The molecular weight excluding hydrogens is 429 g/mol. The smallest absolute Gasteiger partial charge is 0.132 e. The maximum absolute atomic E-state index is 14.5. The molecule has 9 heteroatoms. The molecule has 32 heavy (non-hydrogen) atoms. The van der Waals surface area contributed by atoms with Crippen LogP contribution in [0.5, 0.6) is 0 Å². The van der Waals surface area contributed by atoms with Gasteiger partial charge in [-0.3, -0.25) is 9.67 Å². The summed E-state index contributed by atoms with van der Waals surface area (Å²) in [6, 6.07) is 12.0. The van der Waals surface area contributed by atoms with Gasteiger partial charge in [-0.2, -0.15) is 5.10 Å². The molecule has 7 nitrogen and oxygen atoms in total. The van der Waals surface area contributed by atoms with Crippen LogP contribution in [0.3, 0.4) is 0 Å². The van der Waals surface area contributed by atoms with Crippen LogP contribution in [0.15, 0.2) is 61.2 Å². The predicted octanol–water partition coefficient (Wildman–Crippen LogP) is 4.56. The van der Waals surface area contributed by atoms with E-state index in [4.69, 9.17) is 16.6 Å². The van der Waals surface area contributed by atoms with E-state index in [1.807, 2.05) is 42.2 Å². The van der Waals surface area contributed by atoms with E-state index >= 15 is 0 Å². The number of H-pyrrole nitrogens is 1. The van der Waals surface area contributed by atoms with Crippen molar-refractivity contribution in [2.75, 3.05) is 13.6 Å². The van der Waals surface area contributed by atoms with Crippen molar-refractivity contribution in [3.8, 4) is 33.9 Å². The van der Waals surface area contributed by atoms with Gasteiger partial charge < -0.3 is 10.3 Å². The second-order valence-corrected chi connectivity index (χ2v) is 7.71. The summed E-state index contributed by atoms with van der Waals surface area (Å²) in [5, 5.41) is 8.16. The van der Waals surface area contributed by atoms with E-state index in [2.05, 4.69) is 25.4 Å². The Morgan fingerprint density at radius 1 is 1.06 bits per heavy atom. The van der Waals surface area contributed by atoms with Crippen molar-refractivity contribution in [1.29, 1.82) is 0 Å². The molecule has 0 fully saturated rings. The van der Waals surface area contributed by atoms with Crippen LogP contribution < -0.4 is 5.32 Å². The average Bonchev–Trinajstić information content (AvgIpc) is 3.48. The number of halogens is 2. The molecule has 0 aliphatic heterocycles. The summed E-state index contributed by atoms with van der Waals surface area (Å²) < 4.78 is 16.3. The quantitative estimate of drug-likeness (QED) is 0.398. The van der Waals surface area contributed by atoms with Crippen molar-refractivity contribution in [2.24, 2.45) is 0 Å². The van der Waals surface area contributed by atoms with Gasteiger partial charge in [0.05, 0.1) is 41.0 Å². The molecule has 0 radical (unpaired) electrons. The van der Waals surface area contributed by atoms with Crippen LogP contribution in [-0.2, 0) is 6.54 Å². The van der Waals surface area contributed by atoms with E-state index in [1.54, 1.807) is 12.3 Å². The van der Waals surface area contributed by atoms with Crippen LogP contribution in [0.2, 0.25) is 5.02 Å². The first kappa shape index (κ1) is 20.3. The van der Waals surface area contributed by atoms with E-state index in [1.165, 1.54) is 18.5 Å². The maximum atomic E-state index is 14.5. The highest BCUT2D eigenvalue weighted by Crippen LogP contribution is 2.32. The molecule has 0 aliphatic carbocycles. The average molecular weight is 448 g/mol. The number of hydrogen-bond acceptors (Lipinski definition) is 5. The molecule has 1 aromatic carbocycles. The van der Waals surface area contributed by atoms with Crippen molar-refractivity contribution in [2.45, 2.75) is 6.54 Å². The molecule has 160 valence electrons. The van der Waals surface area contributed by atoms with Crippen molar-refractivity contribution in [1.82, 2.24) is 35.0 Å². The van der Waals surface area contributed by atoms with Gasteiger partial charge in [-0.15, -0.1) is 0 Å². The number of benzene rings is 1. The number of rotatable bonds is 6. The van der Waals surface area contributed by atoms with Gasteiger partial charge in [-0.05, 0) is 49.5 Å². The summed E-state index contributed by atoms with van der Waals surface area (Å²) in [7, 11) is 1.91. The zero-order chi connectivity index (χ0) is 22.1. The topological polar surface area (TPSA) is 84.3 Å². The third-order valence-electron chi connectivity index (χ3n) is 5.14. The number of pyridine rings is 2. The molecule has 0 unspecified atom stereocenters. The van der Waals surface area contributed by atoms with E-state index in [0.29, 0.717) is 33.2 Å². The van der Waals surface area contributed by atoms with E-state index in [0.717, 1.165) is 29.9 Å². The number of aromatic amines is 1. The molecule has 0 saturated heterocycles. The lowest BCUT2D eigenvalue weighted by molar-refractivity contribution is 0.586. The second kappa shape index (κ2) is 8.49. The highest BCUT2D eigenvalue weighted by Gasteiger charge is 2.16. The minimum Gasteiger partial charge on any atom is -0.344 e. The summed E-state index contributed by atoms with van der Waals surface area (Å²) in [6.07, 6.45) is 5.25. The normalized spacial score (nSPS) is 11.3. The Bertz CT molecular complexity index is 1410. The number of nitrogens with zero attached hydrogens (tertiary/aromatic N) is 5. The summed E-state index contributed by atoms with van der Waals surface area (Å²) in [6.45, 7) is 1.61. The summed E-state index contributed by atoms with van der Waals surface area (Å²) >= 11 is 6.08. The van der Waals surface area contributed by atoms with Gasteiger partial charge in [0.25, 0.3) is 0 Å². The molecule has 0 aliphatic rings. The number of aromatic nitrogens is 6. The zero-order valence-electron chi connectivity index (χ0n) is 17.2. The largest absolute Gasteiger partial charge is 0.344 e. The predicted molar refractivity (Wildman–Crippen MR) is 123 cm³/mol. The van der Waals surface area contributed by atoms with Crippen molar-refractivity contribution in [3.63, 3.8) is 0 Å². The lowest BCUT2D eigenvalue weighted by Crippen LogP contribution is -2.15. The minimum atomic E-state index is -0.390. The van der Waals surface area contributed by atoms with Crippen LogP contribution >= 0.6 is 11.6 Å². The Labute approximate surface area is 188 Å². The first-order chi connectivity index (χ1) is 15.6. The van der Waals surface area contributed by atoms with Crippen molar-refractivity contribution >= 4 is 22.6 Å². The number of likely N-dealkylation sites (N-methyl/N-ethyl adjacent to an activating group) is 1. The fourth-order valence-corrected chi connectivity index (χ4v) is 3.70. The summed E-state index contributed by atoms with van der Waals surface area (Å²) in [4.78, 5) is 16.7. The molecular formula is C23H19ClFN7. The van der Waals surface area contributed by atoms with Crippen molar-refractivity contribution < 1.29 is 4.39 Å². The van der Waals surface area contributed by atoms with Crippen LogP contribution in [0.1, 0.15) is 0 Å². The Morgan fingerprint density at radius 3 is 2.84 bits per heavy atom. The van der Waals surface area contributed by atoms with Crippen LogP contribution in [0, 0.1) is 5.82 Å². The molecule has 4 aromatic heterocycles. The maximum Gasteiger partial charge on any atom is 0.132 e.